The van der Waals surface area contributed by atoms with Gasteiger partial charge in [0.1, 0.15) is 5.82 Å². The number of nitrogens with one attached hydrogen (secondary N) is 3. The third kappa shape index (κ3) is 3.53. The SMILES string of the molecule is Fc1ccccc1CCNC(=S)Nc1ncc[nH]1. The molecule has 0 radical (unpaired) electrons. The fraction of sp³-hybridized carbons (Fsp3) is 0.167. The van der Waals surface area contributed by atoms with Crippen LogP contribution >= 0.6 is 12.2 Å². The summed E-state index contributed by atoms with van der Waals surface area (Å²) in [5.74, 6) is 0.391. The minimum absolute atomic E-state index is 0.191. The molecule has 1 heterocycles. The second-order valence-corrected chi connectivity index (χ2v) is 4.07. The van der Waals surface area contributed by atoms with Crippen molar-refractivity contribution in [2.45, 2.75) is 6.42 Å². The van der Waals surface area contributed by atoms with E-state index in [1.54, 1.807) is 24.5 Å². The maximum atomic E-state index is 13.3. The Morgan fingerprint density at radius 1 is 1.39 bits per heavy atom. The second kappa shape index (κ2) is 6.11. The monoisotopic (exact) mass is 264 g/mol. The average molecular weight is 264 g/mol. The summed E-state index contributed by atoms with van der Waals surface area (Å²) in [4.78, 5) is 6.86. The molecule has 6 heteroatoms. The number of halogens is 1. The maximum absolute atomic E-state index is 13.3. The van der Waals surface area contributed by atoms with E-state index >= 15 is 0 Å². The first-order valence-electron chi connectivity index (χ1n) is 5.53. The zero-order valence-electron chi connectivity index (χ0n) is 9.61. The Morgan fingerprint density at radius 3 is 2.94 bits per heavy atom. The molecular formula is C12H13FN4S. The molecule has 0 fully saturated rings. The Hall–Kier alpha value is -1.95. The molecule has 1 aromatic heterocycles. The number of H-pyrrole nitrogens is 1. The molecule has 1 aromatic carbocycles. The van der Waals surface area contributed by atoms with Gasteiger partial charge >= 0.3 is 0 Å². The molecule has 2 aromatic rings. The van der Waals surface area contributed by atoms with Gasteiger partial charge in [0.25, 0.3) is 0 Å². The highest BCUT2D eigenvalue weighted by atomic mass is 32.1. The first-order valence-corrected chi connectivity index (χ1v) is 5.94. The molecule has 0 unspecified atom stereocenters. The lowest BCUT2D eigenvalue weighted by Gasteiger charge is -2.08. The molecule has 0 saturated carbocycles. The normalized spacial score (nSPS) is 10.1. The predicted octanol–water partition coefficient (Wildman–Crippen LogP) is 2.08. The van der Waals surface area contributed by atoms with E-state index in [1.807, 2.05) is 6.07 Å². The van der Waals surface area contributed by atoms with Crippen molar-refractivity contribution in [3.63, 3.8) is 0 Å². The number of hydrogen-bond donors (Lipinski definition) is 3. The minimum Gasteiger partial charge on any atom is -0.362 e. The molecule has 3 N–H and O–H groups in total. The third-order valence-corrected chi connectivity index (χ3v) is 2.61. The Bertz CT molecular complexity index is 513. The Morgan fingerprint density at radius 2 is 2.22 bits per heavy atom. The Balaban J connectivity index is 1.75. The summed E-state index contributed by atoms with van der Waals surface area (Å²) in [6.07, 6.45) is 3.90. The van der Waals surface area contributed by atoms with Crippen molar-refractivity contribution < 1.29 is 4.39 Å². The lowest BCUT2D eigenvalue weighted by atomic mass is 10.1. The van der Waals surface area contributed by atoms with Crippen LogP contribution in [0, 0.1) is 5.82 Å². The van der Waals surface area contributed by atoms with Gasteiger partial charge in [0.2, 0.25) is 5.95 Å². The van der Waals surface area contributed by atoms with Crippen LogP contribution in [-0.4, -0.2) is 21.6 Å². The highest BCUT2D eigenvalue weighted by Gasteiger charge is 2.01. The standard InChI is InChI=1S/C12H13FN4S/c13-10-4-2-1-3-9(10)5-6-16-12(18)17-11-14-7-8-15-11/h1-4,7-8H,5-6H2,(H3,14,15,16,17,18). The van der Waals surface area contributed by atoms with Crippen LogP contribution in [0.25, 0.3) is 0 Å². The van der Waals surface area contributed by atoms with Crippen molar-refractivity contribution in [1.82, 2.24) is 15.3 Å². The summed E-state index contributed by atoms with van der Waals surface area (Å²) in [6, 6.07) is 6.71. The van der Waals surface area contributed by atoms with Crippen molar-refractivity contribution >= 4 is 23.3 Å². The van der Waals surface area contributed by atoms with Gasteiger partial charge in [-0.05, 0) is 30.3 Å². The molecule has 18 heavy (non-hydrogen) atoms. The molecule has 4 nitrogen and oxygen atoms in total. The average Bonchev–Trinajstić information content (AvgIpc) is 2.84. The van der Waals surface area contributed by atoms with Gasteiger partial charge in [-0.1, -0.05) is 18.2 Å². The quantitative estimate of drug-likeness (QED) is 0.740. The lowest BCUT2D eigenvalue weighted by molar-refractivity contribution is 0.607. The third-order valence-electron chi connectivity index (χ3n) is 2.37. The number of imidazole rings is 1. The summed E-state index contributed by atoms with van der Waals surface area (Å²) >= 11 is 5.07. The summed E-state index contributed by atoms with van der Waals surface area (Å²) < 4.78 is 13.3. The van der Waals surface area contributed by atoms with E-state index in [-0.39, 0.29) is 5.82 Å². The predicted molar refractivity (Wildman–Crippen MR) is 72.9 cm³/mol. The number of anilines is 1. The molecule has 0 bridgehead atoms. The van der Waals surface area contributed by atoms with Gasteiger partial charge in [-0.25, -0.2) is 9.37 Å². The Labute approximate surface area is 110 Å². The number of thiocarbonyl (C=S) groups is 1. The zero-order valence-corrected chi connectivity index (χ0v) is 10.4. The fourth-order valence-corrected chi connectivity index (χ4v) is 1.70. The lowest BCUT2D eigenvalue weighted by Crippen LogP contribution is -2.30. The molecule has 0 amide bonds. The minimum atomic E-state index is -0.191. The molecule has 0 aliphatic carbocycles. The van der Waals surface area contributed by atoms with Crippen LogP contribution in [0.15, 0.2) is 36.7 Å². The second-order valence-electron chi connectivity index (χ2n) is 3.66. The highest BCUT2D eigenvalue weighted by Crippen LogP contribution is 2.06. The van der Waals surface area contributed by atoms with E-state index in [0.717, 1.165) is 0 Å². The molecule has 2 rings (SSSR count). The molecule has 0 atom stereocenters. The molecule has 0 aliphatic heterocycles. The topological polar surface area (TPSA) is 52.7 Å². The van der Waals surface area contributed by atoms with Crippen molar-refractivity contribution in [1.29, 1.82) is 0 Å². The van der Waals surface area contributed by atoms with E-state index in [2.05, 4.69) is 20.6 Å². The van der Waals surface area contributed by atoms with Crippen LogP contribution in [0.1, 0.15) is 5.56 Å². The highest BCUT2D eigenvalue weighted by molar-refractivity contribution is 7.80. The Kier molecular flexibility index (Phi) is 4.25. The van der Waals surface area contributed by atoms with Gasteiger partial charge in [0, 0.05) is 18.9 Å². The van der Waals surface area contributed by atoms with E-state index in [9.17, 15) is 4.39 Å². The van der Waals surface area contributed by atoms with Crippen molar-refractivity contribution in [3.8, 4) is 0 Å². The van der Waals surface area contributed by atoms with Crippen LogP contribution in [-0.2, 0) is 6.42 Å². The molecule has 0 spiro atoms. The summed E-state index contributed by atoms with van der Waals surface area (Å²) in [7, 11) is 0. The van der Waals surface area contributed by atoms with Crippen LogP contribution in [0.2, 0.25) is 0 Å². The summed E-state index contributed by atoms with van der Waals surface area (Å²) in [5, 5.41) is 6.33. The largest absolute Gasteiger partial charge is 0.362 e. The van der Waals surface area contributed by atoms with Crippen molar-refractivity contribution in [3.05, 3.63) is 48.0 Å². The van der Waals surface area contributed by atoms with Crippen LogP contribution in [0.5, 0.6) is 0 Å². The number of aromatic amines is 1. The van der Waals surface area contributed by atoms with Gasteiger partial charge in [-0.3, -0.25) is 0 Å². The number of hydrogen-bond acceptors (Lipinski definition) is 2. The molecule has 0 saturated heterocycles. The van der Waals surface area contributed by atoms with Crippen molar-refractivity contribution in [2.75, 3.05) is 11.9 Å². The number of aromatic nitrogens is 2. The first-order chi connectivity index (χ1) is 8.75. The number of rotatable bonds is 4. The number of nitrogens with zero attached hydrogens (tertiary/aromatic N) is 1. The maximum Gasteiger partial charge on any atom is 0.206 e. The van der Waals surface area contributed by atoms with Gasteiger partial charge < -0.3 is 15.6 Å². The van der Waals surface area contributed by atoms with Gasteiger partial charge in [0.15, 0.2) is 5.11 Å². The van der Waals surface area contributed by atoms with Crippen LogP contribution in [0.4, 0.5) is 10.3 Å². The van der Waals surface area contributed by atoms with Gasteiger partial charge in [-0.2, -0.15) is 0 Å². The zero-order chi connectivity index (χ0) is 12.8. The summed E-state index contributed by atoms with van der Waals surface area (Å²) in [6.45, 7) is 0.563. The molecular weight excluding hydrogens is 251 g/mol. The van der Waals surface area contributed by atoms with E-state index in [0.29, 0.717) is 29.6 Å². The van der Waals surface area contributed by atoms with Crippen molar-refractivity contribution in [2.24, 2.45) is 0 Å². The van der Waals surface area contributed by atoms with E-state index < -0.39 is 0 Å². The van der Waals surface area contributed by atoms with E-state index in [1.165, 1.54) is 6.07 Å². The van der Waals surface area contributed by atoms with Crippen LogP contribution in [0.3, 0.4) is 0 Å². The first kappa shape index (κ1) is 12.5. The van der Waals surface area contributed by atoms with Crippen LogP contribution < -0.4 is 10.6 Å². The molecule has 0 aliphatic rings. The fourth-order valence-electron chi connectivity index (χ4n) is 1.50. The number of benzene rings is 1. The van der Waals surface area contributed by atoms with E-state index in [4.69, 9.17) is 12.2 Å². The van der Waals surface area contributed by atoms with Gasteiger partial charge in [-0.15, -0.1) is 0 Å². The summed E-state index contributed by atoms with van der Waals surface area (Å²) in [5.41, 5.74) is 0.672. The van der Waals surface area contributed by atoms with Gasteiger partial charge in [0.05, 0.1) is 0 Å². The smallest absolute Gasteiger partial charge is 0.206 e. The molecule has 94 valence electrons.